The number of carbonyl (C=O) groups is 2. The molecule has 0 fully saturated rings. The van der Waals surface area contributed by atoms with E-state index < -0.39 is 18.4 Å². The Morgan fingerprint density at radius 1 is 1.37 bits per heavy atom. The van der Waals surface area contributed by atoms with Gasteiger partial charge in [-0.2, -0.15) is 0 Å². The highest BCUT2D eigenvalue weighted by Gasteiger charge is 2.18. The zero-order valence-corrected chi connectivity index (χ0v) is 10.9. The van der Waals surface area contributed by atoms with Gasteiger partial charge in [-0.05, 0) is 24.6 Å². The number of aryl methyl sites for hydroxylation is 1. The number of nitrogens with zero attached hydrogens (tertiary/aromatic N) is 1. The standard InChI is InChI=1S/C13H17NO5/c1-9-3-4-10(7-11(9)15)13(18)14(5-6-19-2)8-12(16)17/h3-4,7,15H,5-6,8H2,1-2H3,(H,16,17). The zero-order valence-electron chi connectivity index (χ0n) is 10.9. The molecule has 1 aromatic rings. The fourth-order valence-electron chi connectivity index (χ4n) is 1.54. The topological polar surface area (TPSA) is 87.1 Å². The van der Waals surface area contributed by atoms with Crippen molar-refractivity contribution in [2.75, 3.05) is 26.8 Å². The van der Waals surface area contributed by atoms with Crippen molar-refractivity contribution in [1.82, 2.24) is 4.90 Å². The highest BCUT2D eigenvalue weighted by molar-refractivity contribution is 5.96. The van der Waals surface area contributed by atoms with E-state index in [4.69, 9.17) is 9.84 Å². The maximum absolute atomic E-state index is 12.1. The Morgan fingerprint density at radius 2 is 2.05 bits per heavy atom. The number of rotatable bonds is 6. The third kappa shape index (κ3) is 4.26. The fourth-order valence-corrected chi connectivity index (χ4v) is 1.54. The number of hydrogen-bond acceptors (Lipinski definition) is 4. The van der Waals surface area contributed by atoms with Gasteiger partial charge < -0.3 is 19.8 Å². The van der Waals surface area contributed by atoms with Gasteiger partial charge in [0.15, 0.2) is 0 Å². The van der Waals surface area contributed by atoms with Gasteiger partial charge >= 0.3 is 5.97 Å². The quantitative estimate of drug-likeness (QED) is 0.798. The normalized spacial score (nSPS) is 10.2. The highest BCUT2D eigenvalue weighted by Crippen LogP contribution is 2.18. The molecule has 1 aromatic carbocycles. The molecule has 104 valence electrons. The Morgan fingerprint density at radius 3 is 2.58 bits per heavy atom. The van der Waals surface area contributed by atoms with Gasteiger partial charge in [0.2, 0.25) is 0 Å². The van der Waals surface area contributed by atoms with E-state index in [2.05, 4.69) is 0 Å². The SMILES string of the molecule is COCCN(CC(=O)O)C(=O)c1ccc(C)c(O)c1. The van der Waals surface area contributed by atoms with E-state index in [-0.39, 0.29) is 24.5 Å². The molecule has 0 heterocycles. The van der Waals surface area contributed by atoms with Crippen molar-refractivity contribution in [3.05, 3.63) is 29.3 Å². The van der Waals surface area contributed by atoms with E-state index in [0.717, 1.165) is 4.90 Å². The average Bonchev–Trinajstić information content (AvgIpc) is 2.36. The molecule has 0 aliphatic rings. The first-order chi connectivity index (χ1) is 8.95. The molecule has 0 aliphatic heterocycles. The third-order valence-electron chi connectivity index (χ3n) is 2.63. The Kier molecular flexibility index (Phi) is 5.32. The van der Waals surface area contributed by atoms with Crippen molar-refractivity contribution < 1.29 is 24.5 Å². The molecule has 0 bridgehead atoms. The van der Waals surface area contributed by atoms with E-state index >= 15 is 0 Å². The molecule has 0 aliphatic carbocycles. The van der Waals surface area contributed by atoms with Crippen molar-refractivity contribution in [3.8, 4) is 5.75 Å². The second kappa shape index (κ2) is 6.75. The van der Waals surface area contributed by atoms with Crippen LogP contribution in [0.4, 0.5) is 0 Å². The number of carboxylic acids is 1. The number of aromatic hydroxyl groups is 1. The van der Waals surface area contributed by atoms with Crippen LogP contribution >= 0.6 is 0 Å². The van der Waals surface area contributed by atoms with Gasteiger partial charge in [0.05, 0.1) is 6.61 Å². The largest absolute Gasteiger partial charge is 0.508 e. The van der Waals surface area contributed by atoms with Gasteiger partial charge in [0.1, 0.15) is 12.3 Å². The molecule has 0 spiro atoms. The summed E-state index contributed by atoms with van der Waals surface area (Å²) in [6.07, 6.45) is 0. The van der Waals surface area contributed by atoms with Gasteiger partial charge in [-0.25, -0.2) is 0 Å². The van der Waals surface area contributed by atoms with Crippen LogP contribution < -0.4 is 0 Å². The Balaban J connectivity index is 2.90. The summed E-state index contributed by atoms with van der Waals surface area (Å²) >= 11 is 0. The molecule has 6 nitrogen and oxygen atoms in total. The van der Waals surface area contributed by atoms with Crippen LogP contribution in [0.15, 0.2) is 18.2 Å². The van der Waals surface area contributed by atoms with Crippen molar-refractivity contribution >= 4 is 11.9 Å². The lowest BCUT2D eigenvalue weighted by Gasteiger charge is -2.20. The molecular weight excluding hydrogens is 250 g/mol. The number of amides is 1. The lowest BCUT2D eigenvalue weighted by molar-refractivity contribution is -0.137. The Hall–Kier alpha value is -2.08. The number of benzene rings is 1. The number of methoxy groups -OCH3 is 1. The third-order valence-corrected chi connectivity index (χ3v) is 2.63. The molecule has 0 radical (unpaired) electrons. The van der Waals surface area contributed by atoms with Gasteiger partial charge in [0.25, 0.3) is 5.91 Å². The summed E-state index contributed by atoms with van der Waals surface area (Å²) in [5.41, 5.74) is 0.902. The van der Waals surface area contributed by atoms with Crippen LogP contribution in [0.3, 0.4) is 0 Å². The molecule has 1 amide bonds. The van der Waals surface area contributed by atoms with Gasteiger partial charge in [-0.15, -0.1) is 0 Å². The molecule has 0 aromatic heterocycles. The second-order valence-electron chi connectivity index (χ2n) is 4.11. The Bertz CT molecular complexity index is 472. The minimum atomic E-state index is -1.10. The predicted octanol–water partition coefficient (Wildman–Crippen LogP) is 0.874. The monoisotopic (exact) mass is 267 g/mol. The van der Waals surface area contributed by atoms with Crippen LogP contribution in [-0.4, -0.2) is 53.8 Å². The first kappa shape index (κ1) is 15.0. The summed E-state index contributed by atoms with van der Waals surface area (Å²) in [7, 11) is 1.47. The summed E-state index contributed by atoms with van der Waals surface area (Å²) in [6, 6.07) is 4.50. The molecule has 0 atom stereocenters. The number of phenolic OH excluding ortho intramolecular Hbond substituents is 1. The van der Waals surface area contributed by atoms with Crippen molar-refractivity contribution in [3.63, 3.8) is 0 Å². The molecule has 0 unspecified atom stereocenters. The van der Waals surface area contributed by atoms with E-state index in [1.165, 1.54) is 13.2 Å². The maximum Gasteiger partial charge on any atom is 0.323 e. The lowest BCUT2D eigenvalue weighted by atomic mass is 10.1. The van der Waals surface area contributed by atoms with E-state index in [1.807, 2.05) is 0 Å². The second-order valence-corrected chi connectivity index (χ2v) is 4.11. The predicted molar refractivity (Wildman–Crippen MR) is 68.3 cm³/mol. The fraction of sp³-hybridized carbons (Fsp3) is 0.385. The van der Waals surface area contributed by atoms with Gasteiger partial charge in [0, 0.05) is 19.2 Å². The minimum absolute atomic E-state index is 0.00728. The Labute approximate surface area is 111 Å². The van der Waals surface area contributed by atoms with Crippen LogP contribution in [0.2, 0.25) is 0 Å². The summed E-state index contributed by atoms with van der Waals surface area (Å²) in [4.78, 5) is 24.1. The van der Waals surface area contributed by atoms with Gasteiger partial charge in [-0.1, -0.05) is 6.07 Å². The van der Waals surface area contributed by atoms with Crippen molar-refractivity contribution in [1.29, 1.82) is 0 Å². The average molecular weight is 267 g/mol. The molecule has 1 rings (SSSR count). The molecule has 19 heavy (non-hydrogen) atoms. The molecule has 0 saturated heterocycles. The molecule has 2 N–H and O–H groups in total. The maximum atomic E-state index is 12.1. The van der Waals surface area contributed by atoms with Crippen LogP contribution in [0, 0.1) is 6.92 Å². The van der Waals surface area contributed by atoms with Crippen LogP contribution in [0.25, 0.3) is 0 Å². The molecule has 6 heteroatoms. The summed E-state index contributed by atoms with van der Waals surface area (Å²) in [6.45, 7) is 1.73. The number of carboxylic acid groups (broad SMARTS) is 1. The molecule has 0 saturated carbocycles. The minimum Gasteiger partial charge on any atom is -0.508 e. The zero-order chi connectivity index (χ0) is 14.4. The summed E-state index contributed by atoms with van der Waals surface area (Å²) in [5.74, 6) is -1.54. The van der Waals surface area contributed by atoms with Crippen molar-refractivity contribution in [2.45, 2.75) is 6.92 Å². The van der Waals surface area contributed by atoms with E-state index in [9.17, 15) is 14.7 Å². The summed E-state index contributed by atoms with van der Waals surface area (Å²) < 4.78 is 4.85. The van der Waals surface area contributed by atoms with Crippen LogP contribution in [0.5, 0.6) is 5.75 Å². The van der Waals surface area contributed by atoms with E-state index in [1.54, 1.807) is 19.1 Å². The number of phenols is 1. The molecular formula is C13H17NO5. The number of aliphatic carboxylic acids is 1. The van der Waals surface area contributed by atoms with Crippen LogP contribution in [-0.2, 0) is 9.53 Å². The van der Waals surface area contributed by atoms with E-state index in [0.29, 0.717) is 5.56 Å². The first-order valence-corrected chi connectivity index (χ1v) is 5.75. The smallest absolute Gasteiger partial charge is 0.323 e. The number of carbonyl (C=O) groups excluding carboxylic acids is 1. The number of ether oxygens (including phenoxy) is 1. The van der Waals surface area contributed by atoms with Crippen molar-refractivity contribution in [2.24, 2.45) is 0 Å². The van der Waals surface area contributed by atoms with Gasteiger partial charge in [-0.3, -0.25) is 9.59 Å². The highest BCUT2D eigenvalue weighted by atomic mass is 16.5. The summed E-state index contributed by atoms with van der Waals surface area (Å²) in [5, 5.41) is 18.4. The van der Waals surface area contributed by atoms with Crippen LogP contribution in [0.1, 0.15) is 15.9 Å². The number of hydrogen-bond donors (Lipinski definition) is 2. The lowest BCUT2D eigenvalue weighted by Crippen LogP contribution is -2.38. The first-order valence-electron chi connectivity index (χ1n) is 5.75.